The van der Waals surface area contributed by atoms with E-state index in [1.807, 2.05) is 0 Å². The number of hydrogen-bond donors (Lipinski definition) is 1. The topological polar surface area (TPSA) is 50.2 Å². The summed E-state index contributed by atoms with van der Waals surface area (Å²) in [4.78, 5) is 14.9. The van der Waals surface area contributed by atoms with Crippen LogP contribution < -0.4 is 0 Å². The lowest BCUT2D eigenvalue weighted by atomic mass is 9.93. The molecule has 0 atom stereocenters. The quantitative estimate of drug-likeness (QED) is 0.908. The zero-order valence-corrected chi connectivity index (χ0v) is 11.3. The number of hydrogen-bond acceptors (Lipinski definition) is 2. The van der Waals surface area contributed by atoms with E-state index in [2.05, 4.69) is 4.98 Å². The van der Waals surface area contributed by atoms with Gasteiger partial charge in [-0.1, -0.05) is 6.07 Å². The van der Waals surface area contributed by atoms with Crippen LogP contribution in [-0.2, 0) is 6.18 Å². The Kier molecular flexibility index (Phi) is 3.72. The molecule has 0 fully saturated rings. The molecule has 2 aromatic rings. The predicted octanol–water partition coefficient (Wildman–Crippen LogP) is 4.08. The van der Waals surface area contributed by atoms with Crippen molar-refractivity contribution in [2.24, 2.45) is 0 Å². The van der Waals surface area contributed by atoms with Crippen molar-refractivity contribution in [1.29, 1.82) is 0 Å². The van der Waals surface area contributed by atoms with E-state index in [4.69, 9.17) is 5.11 Å². The largest absolute Gasteiger partial charge is 0.478 e. The highest BCUT2D eigenvalue weighted by Crippen LogP contribution is 2.38. The number of carboxylic acids is 1. The molecule has 0 saturated carbocycles. The molecule has 0 aliphatic heterocycles. The van der Waals surface area contributed by atoms with Crippen molar-refractivity contribution in [1.82, 2.24) is 4.98 Å². The van der Waals surface area contributed by atoms with Crippen LogP contribution in [-0.4, -0.2) is 16.1 Å². The van der Waals surface area contributed by atoms with E-state index >= 15 is 0 Å². The second-order valence-corrected chi connectivity index (χ2v) is 4.71. The molecular weight excluding hydrogens is 283 g/mol. The Balaban J connectivity index is 2.74. The standard InChI is InChI=1S/C15H12F3NO2/c1-8-5-9(2)11(14(20)21)6-10(8)12-7-19-4-3-13(12)15(16,17)18/h3-7H,1-2H3,(H,20,21). The summed E-state index contributed by atoms with van der Waals surface area (Å²) in [6.45, 7) is 3.25. The molecule has 0 aliphatic carbocycles. The number of halogens is 3. The van der Waals surface area contributed by atoms with Gasteiger partial charge in [-0.05, 0) is 42.7 Å². The number of rotatable bonds is 2. The first-order chi connectivity index (χ1) is 9.71. The first-order valence-corrected chi connectivity index (χ1v) is 6.08. The van der Waals surface area contributed by atoms with Crippen molar-refractivity contribution in [2.75, 3.05) is 0 Å². The Bertz CT molecular complexity index is 709. The minimum Gasteiger partial charge on any atom is -0.478 e. The van der Waals surface area contributed by atoms with Gasteiger partial charge in [-0.25, -0.2) is 4.79 Å². The summed E-state index contributed by atoms with van der Waals surface area (Å²) in [5.41, 5.74) is 0.314. The smallest absolute Gasteiger partial charge is 0.417 e. The minimum absolute atomic E-state index is 0.0208. The van der Waals surface area contributed by atoms with E-state index in [1.165, 1.54) is 6.07 Å². The SMILES string of the molecule is Cc1cc(C)c(-c2cnccc2C(F)(F)F)cc1C(=O)O. The highest BCUT2D eigenvalue weighted by atomic mass is 19.4. The third-order valence-electron chi connectivity index (χ3n) is 3.22. The van der Waals surface area contributed by atoms with E-state index in [-0.39, 0.29) is 16.7 Å². The lowest BCUT2D eigenvalue weighted by Crippen LogP contribution is -2.09. The maximum absolute atomic E-state index is 13.1. The molecule has 0 aliphatic rings. The summed E-state index contributed by atoms with van der Waals surface area (Å²) in [5.74, 6) is -1.17. The van der Waals surface area contributed by atoms with Crippen LogP contribution in [0.5, 0.6) is 0 Å². The fourth-order valence-corrected chi connectivity index (χ4v) is 2.23. The third-order valence-corrected chi connectivity index (χ3v) is 3.22. The molecule has 0 unspecified atom stereocenters. The molecule has 1 aromatic heterocycles. The van der Waals surface area contributed by atoms with Crippen LogP contribution >= 0.6 is 0 Å². The molecule has 0 bridgehead atoms. The molecule has 6 heteroatoms. The minimum atomic E-state index is -4.53. The lowest BCUT2D eigenvalue weighted by Gasteiger charge is -2.15. The normalized spacial score (nSPS) is 11.5. The zero-order valence-electron chi connectivity index (χ0n) is 11.3. The van der Waals surface area contributed by atoms with Gasteiger partial charge >= 0.3 is 12.1 Å². The van der Waals surface area contributed by atoms with Crippen molar-refractivity contribution in [2.45, 2.75) is 20.0 Å². The average Bonchev–Trinajstić information content (AvgIpc) is 2.37. The van der Waals surface area contributed by atoms with Crippen LogP contribution in [0.15, 0.2) is 30.6 Å². The molecule has 0 radical (unpaired) electrons. The Morgan fingerprint density at radius 2 is 1.81 bits per heavy atom. The third kappa shape index (κ3) is 2.89. The fourth-order valence-electron chi connectivity index (χ4n) is 2.23. The number of benzene rings is 1. The van der Waals surface area contributed by atoms with Gasteiger partial charge in [-0.2, -0.15) is 13.2 Å². The Hall–Kier alpha value is -2.37. The summed E-state index contributed by atoms with van der Waals surface area (Å²) in [6.07, 6.45) is -2.36. The van der Waals surface area contributed by atoms with Crippen LogP contribution in [0, 0.1) is 13.8 Å². The van der Waals surface area contributed by atoms with Crippen molar-refractivity contribution in [3.63, 3.8) is 0 Å². The van der Waals surface area contributed by atoms with Crippen LogP contribution in [0.1, 0.15) is 27.0 Å². The number of nitrogens with zero attached hydrogens (tertiary/aromatic N) is 1. The van der Waals surface area contributed by atoms with Gasteiger partial charge in [-0.15, -0.1) is 0 Å². The Labute approximate surface area is 119 Å². The van der Waals surface area contributed by atoms with Gasteiger partial charge in [-0.3, -0.25) is 4.98 Å². The van der Waals surface area contributed by atoms with Gasteiger partial charge in [0.05, 0.1) is 11.1 Å². The molecule has 0 amide bonds. The fraction of sp³-hybridized carbons (Fsp3) is 0.200. The summed E-state index contributed by atoms with van der Waals surface area (Å²) in [5, 5.41) is 9.12. The van der Waals surface area contributed by atoms with Crippen molar-refractivity contribution in [3.8, 4) is 11.1 Å². The van der Waals surface area contributed by atoms with Crippen LogP contribution in [0.25, 0.3) is 11.1 Å². The highest BCUT2D eigenvalue weighted by molar-refractivity contribution is 5.92. The van der Waals surface area contributed by atoms with Gasteiger partial charge in [0.15, 0.2) is 0 Å². The molecule has 21 heavy (non-hydrogen) atoms. The molecule has 110 valence electrons. The van der Waals surface area contributed by atoms with Gasteiger partial charge in [0.1, 0.15) is 0 Å². The van der Waals surface area contributed by atoms with Gasteiger partial charge in [0, 0.05) is 18.0 Å². The second-order valence-electron chi connectivity index (χ2n) is 4.71. The van der Waals surface area contributed by atoms with E-state index in [0.29, 0.717) is 11.1 Å². The van der Waals surface area contributed by atoms with E-state index in [1.54, 1.807) is 19.9 Å². The number of aromatic nitrogens is 1. The zero-order chi connectivity index (χ0) is 15.8. The molecule has 3 nitrogen and oxygen atoms in total. The van der Waals surface area contributed by atoms with E-state index in [9.17, 15) is 18.0 Å². The van der Waals surface area contributed by atoms with Gasteiger partial charge < -0.3 is 5.11 Å². The molecule has 0 spiro atoms. The number of carbonyl (C=O) groups is 1. The number of aryl methyl sites for hydroxylation is 2. The lowest BCUT2D eigenvalue weighted by molar-refractivity contribution is -0.137. The molecule has 2 rings (SSSR count). The Morgan fingerprint density at radius 3 is 2.38 bits per heavy atom. The molecule has 0 saturated heterocycles. The highest BCUT2D eigenvalue weighted by Gasteiger charge is 2.34. The maximum atomic E-state index is 13.1. The summed E-state index contributed by atoms with van der Waals surface area (Å²) in [7, 11) is 0. The average molecular weight is 295 g/mol. The van der Waals surface area contributed by atoms with Crippen molar-refractivity contribution < 1.29 is 23.1 Å². The number of carboxylic acid groups (broad SMARTS) is 1. The first kappa shape index (κ1) is 15.0. The molecule has 1 aromatic carbocycles. The number of aromatic carboxylic acids is 1. The van der Waals surface area contributed by atoms with Crippen LogP contribution in [0.3, 0.4) is 0 Å². The predicted molar refractivity (Wildman–Crippen MR) is 71.1 cm³/mol. The van der Waals surface area contributed by atoms with Crippen molar-refractivity contribution >= 4 is 5.97 Å². The van der Waals surface area contributed by atoms with E-state index < -0.39 is 17.7 Å². The summed E-state index contributed by atoms with van der Waals surface area (Å²) in [6, 6.07) is 3.71. The molecular formula is C15H12F3NO2. The summed E-state index contributed by atoms with van der Waals surface area (Å²) >= 11 is 0. The maximum Gasteiger partial charge on any atom is 0.417 e. The van der Waals surface area contributed by atoms with Gasteiger partial charge in [0.25, 0.3) is 0 Å². The number of alkyl halides is 3. The van der Waals surface area contributed by atoms with Crippen molar-refractivity contribution in [3.05, 3.63) is 52.8 Å². The first-order valence-electron chi connectivity index (χ1n) is 6.08. The van der Waals surface area contributed by atoms with Crippen LogP contribution in [0.2, 0.25) is 0 Å². The Morgan fingerprint density at radius 1 is 1.14 bits per heavy atom. The summed E-state index contributed by atoms with van der Waals surface area (Å²) < 4.78 is 39.2. The molecule has 1 N–H and O–H groups in total. The monoisotopic (exact) mass is 295 g/mol. The molecule has 1 heterocycles. The van der Waals surface area contributed by atoms with Crippen LogP contribution in [0.4, 0.5) is 13.2 Å². The number of pyridine rings is 1. The second kappa shape index (κ2) is 5.20. The van der Waals surface area contributed by atoms with Gasteiger partial charge in [0.2, 0.25) is 0 Å². The van der Waals surface area contributed by atoms with E-state index in [0.717, 1.165) is 18.5 Å².